The lowest BCUT2D eigenvalue weighted by atomic mass is 10.0. The summed E-state index contributed by atoms with van der Waals surface area (Å²) in [5, 5.41) is 0. The quantitative estimate of drug-likeness (QED) is 0.824. The molecule has 2 aromatic rings. The first kappa shape index (κ1) is 18.5. The Morgan fingerprint density at radius 3 is 2.58 bits per heavy atom. The third-order valence-electron chi connectivity index (χ3n) is 4.96. The molecule has 0 N–H and O–H groups in total. The van der Waals surface area contributed by atoms with Crippen LogP contribution in [0, 0.1) is 11.7 Å². The van der Waals surface area contributed by atoms with Crippen LogP contribution in [-0.4, -0.2) is 39.8 Å². The van der Waals surface area contributed by atoms with Gasteiger partial charge in [-0.15, -0.1) is 0 Å². The minimum absolute atomic E-state index is 0.124. The molecular weight excluding hydrogens is 329 g/mol. The van der Waals surface area contributed by atoms with Crippen LogP contribution >= 0.6 is 0 Å². The van der Waals surface area contributed by atoms with Gasteiger partial charge in [0.1, 0.15) is 5.82 Å². The van der Waals surface area contributed by atoms with E-state index in [0.29, 0.717) is 18.9 Å². The fourth-order valence-corrected chi connectivity index (χ4v) is 3.46. The number of halogens is 1. The summed E-state index contributed by atoms with van der Waals surface area (Å²) in [5.74, 6) is 0.248. The highest BCUT2D eigenvalue weighted by Crippen LogP contribution is 2.22. The van der Waals surface area contributed by atoms with Crippen molar-refractivity contribution in [3.8, 4) is 0 Å². The van der Waals surface area contributed by atoms with E-state index in [1.54, 1.807) is 18.3 Å². The first-order valence-corrected chi connectivity index (χ1v) is 9.19. The number of carbonyl (C=O) groups is 1. The zero-order chi connectivity index (χ0) is 18.5. The molecule has 0 radical (unpaired) electrons. The van der Waals surface area contributed by atoms with Crippen LogP contribution < -0.4 is 0 Å². The summed E-state index contributed by atoms with van der Waals surface area (Å²) in [4.78, 5) is 21.5. The van der Waals surface area contributed by atoms with E-state index in [2.05, 4.69) is 23.7 Å². The molecule has 4 nitrogen and oxygen atoms in total. The summed E-state index contributed by atoms with van der Waals surface area (Å²) in [5.41, 5.74) is 1.98. The Hall–Kier alpha value is -2.27. The zero-order valence-corrected chi connectivity index (χ0v) is 15.4. The third-order valence-corrected chi connectivity index (χ3v) is 4.96. The van der Waals surface area contributed by atoms with E-state index >= 15 is 0 Å². The van der Waals surface area contributed by atoms with Gasteiger partial charge < -0.3 is 4.90 Å². The van der Waals surface area contributed by atoms with Gasteiger partial charge in [-0.1, -0.05) is 32.0 Å². The molecule has 1 atom stereocenters. The topological polar surface area (TPSA) is 36.4 Å². The Balaban J connectivity index is 1.76. The SMILES string of the molecule is CC(C)[C@@H]1CN(Cc2ccccn2)CCC(=O)N1Cc1ccc(F)cc1. The van der Waals surface area contributed by atoms with Crippen molar-refractivity contribution in [1.82, 2.24) is 14.8 Å². The first-order valence-electron chi connectivity index (χ1n) is 9.19. The van der Waals surface area contributed by atoms with Crippen LogP contribution in [0.2, 0.25) is 0 Å². The first-order chi connectivity index (χ1) is 12.5. The summed E-state index contributed by atoms with van der Waals surface area (Å²) in [6.45, 7) is 7.14. The van der Waals surface area contributed by atoms with Crippen molar-refractivity contribution >= 4 is 5.91 Å². The number of benzene rings is 1. The lowest BCUT2D eigenvalue weighted by molar-refractivity contribution is -0.134. The molecule has 1 amide bonds. The normalized spacial score (nSPS) is 19.0. The van der Waals surface area contributed by atoms with Crippen molar-refractivity contribution in [2.45, 2.75) is 39.4 Å². The minimum atomic E-state index is -0.252. The molecule has 0 saturated carbocycles. The smallest absolute Gasteiger partial charge is 0.224 e. The lowest BCUT2D eigenvalue weighted by Gasteiger charge is -2.34. The summed E-state index contributed by atoms with van der Waals surface area (Å²) >= 11 is 0. The molecule has 3 rings (SSSR count). The standard InChI is InChI=1S/C21H26FN3O/c1-16(2)20-15-24(14-19-5-3-4-11-23-19)12-10-21(26)25(20)13-17-6-8-18(22)9-7-17/h3-9,11,16,20H,10,12-15H2,1-2H3/t20-/m0/s1. The van der Waals surface area contributed by atoms with E-state index in [4.69, 9.17) is 0 Å². The van der Waals surface area contributed by atoms with Gasteiger partial charge in [-0.05, 0) is 35.7 Å². The molecule has 1 aromatic carbocycles. The van der Waals surface area contributed by atoms with Gasteiger partial charge in [-0.2, -0.15) is 0 Å². The largest absolute Gasteiger partial charge is 0.334 e. The van der Waals surface area contributed by atoms with Crippen LogP contribution in [0.1, 0.15) is 31.5 Å². The molecule has 138 valence electrons. The maximum atomic E-state index is 13.2. The Bertz CT molecular complexity index is 718. The van der Waals surface area contributed by atoms with Crippen molar-refractivity contribution in [2.75, 3.05) is 13.1 Å². The van der Waals surface area contributed by atoms with Crippen LogP contribution in [0.15, 0.2) is 48.7 Å². The van der Waals surface area contributed by atoms with Gasteiger partial charge in [0.05, 0.1) is 5.69 Å². The minimum Gasteiger partial charge on any atom is -0.334 e. The number of pyridine rings is 1. The maximum Gasteiger partial charge on any atom is 0.224 e. The number of nitrogens with zero attached hydrogens (tertiary/aromatic N) is 3. The van der Waals surface area contributed by atoms with Crippen molar-refractivity contribution in [3.63, 3.8) is 0 Å². The van der Waals surface area contributed by atoms with Crippen molar-refractivity contribution < 1.29 is 9.18 Å². The molecule has 0 aliphatic carbocycles. The Morgan fingerprint density at radius 1 is 1.15 bits per heavy atom. The number of aromatic nitrogens is 1. The van der Waals surface area contributed by atoms with Crippen LogP contribution in [-0.2, 0) is 17.9 Å². The summed E-state index contributed by atoms with van der Waals surface area (Å²) < 4.78 is 13.2. The van der Waals surface area contributed by atoms with E-state index < -0.39 is 0 Å². The molecule has 26 heavy (non-hydrogen) atoms. The molecule has 1 fully saturated rings. The van der Waals surface area contributed by atoms with E-state index in [-0.39, 0.29) is 17.8 Å². The molecule has 1 aliphatic rings. The molecule has 5 heteroatoms. The Morgan fingerprint density at radius 2 is 1.92 bits per heavy atom. The van der Waals surface area contributed by atoms with Crippen molar-refractivity contribution in [2.24, 2.45) is 5.92 Å². The number of carbonyl (C=O) groups excluding carboxylic acids is 1. The molecule has 1 saturated heterocycles. The molecule has 2 heterocycles. The fourth-order valence-electron chi connectivity index (χ4n) is 3.46. The molecular formula is C21H26FN3O. The zero-order valence-electron chi connectivity index (χ0n) is 15.4. The third kappa shape index (κ3) is 4.67. The van der Waals surface area contributed by atoms with Gasteiger partial charge in [0.2, 0.25) is 5.91 Å². The Kier molecular flexibility index (Phi) is 5.99. The van der Waals surface area contributed by atoms with E-state index in [1.807, 2.05) is 23.1 Å². The molecule has 1 aliphatic heterocycles. The molecule has 0 bridgehead atoms. The number of hydrogen-bond acceptors (Lipinski definition) is 3. The van der Waals surface area contributed by atoms with Gasteiger partial charge in [-0.25, -0.2) is 4.39 Å². The van der Waals surface area contributed by atoms with Gasteiger partial charge in [0.25, 0.3) is 0 Å². The van der Waals surface area contributed by atoms with Crippen LogP contribution in [0.4, 0.5) is 4.39 Å². The fraction of sp³-hybridized carbons (Fsp3) is 0.429. The second kappa shape index (κ2) is 8.41. The summed E-state index contributed by atoms with van der Waals surface area (Å²) in [6, 6.07) is 12.5. The van der Waals surface area contributed by atoms with Gasteiger partial charge in [-0.3, -0.25) is 14.7 Å². The van der Waals surface area contributed by atoms with Gasteiger partial charge in [0, 0.05) is 44.8 Å². The van der Waals surface area contributed by atoms with Crippen molar-refractivity contribution in [1.29, 1.82) is 0 Å². The number of amides is 1. The van der Waals surface area contributed by atoms with Gasteiger partial charge in [0.15, 0.2) is 0 Å². The average Bonchev–Trinajstić information content (AvgIpc) is 2.78. The lowest BCUT2D eigenvalue weighted by Crippen LogP contribution is -2.45. The predicted molar refractivity (Wildman–Crippen MR) is 99.7 cm³/mol. The summed E-state index contributed by atoms with van der Waals surface area (Å²) in [7, 11) is 0. The second-order valence-corrected chi connectivity index (χ2v) is 7.27. The Labute approximate surface area is 154 Å². The van der Waals surface area contributed by atoms with Crippen LogP contribution in [0.5, 0.6) is 0 Å². The highest BCUT2D eigenvalue weighted by atomic mass is 19.1. The predicted octanol–water partition coefficient (Wildman–Crippen LogP) is 3.48. The van der Waals surface area contributed by atoms with Crippen LogP contribution in [0.25, 0.3) is 0 Å². The monoisotopic (exact) mass is 355 g/mol. The number of rotatable bonds is 5. The average molecular weight is 355 g/mol. The van der Waals surface area contributed by atoms with Crippen LogP contribution in [0.3, 0.4) is 0 Å². The second-order valence-electron chi connectivity index (χ2n) is 7.27. The van der Waals surface area contributed by atoms with E-state index in [1.165, 1.54) is 12.1 Å². The summed E-state index contributed by atoms with van der Waals surface area (Å²) in [6.07, 6.45) is 2.30. The highest BCUT2D eigenvalue weighted by Gasteiger charge is 2.31. The van der Waals surface area contributed by atoms with Gasteiger partial charge >= 0.3 is 0 Å². The van der Waals surface area contributed by atoms with Crippen molar-refractivity contribution in [3.05, 3.63) is 65.7 Å². The molecule has 0 unspecified atom stereocenters. The number of hydrogen-bond donors (Lipinski definition) is 0. The molecule has 0 spiro atoms. The van der Waals surface area contributed by atoms with E-state index in [9.17, 15) is 9.18 Å². The van der Waals surface area contributed by atoms with E-state index in [0.717, 1.165) is 30.9 Å². The molecule has 1 aromatic heterocycles. The maximum absolute atomic E-state index is 13.2. The highest BCUT2D eigenvalue weighted by molar-refractivity contribution is 5.77.